The summed E-state index contributed by atoms with van der Waals surface area (Å²) in [5, 5.41) is 5.63. The summed E-state index contributed by atoms with van der Waals surface area (Å²) in [6.45, 7) is 1.91. The van der Waals surface area contributed by atoms with Crippen molar-refractivity contribution in [3.05, 3.63) is 62.1 Å². The van der Waals surface area contributed by atoms with Crippen LogP contribution in [0.4, 0.5) is 5.00 Å². The van der Waals surface area contributed by atoms with Crippen molar-refractivity contribution >= 4 is 45.3 Å². The van der Waals surface area contributed by atoms with Crippen LogP contribution in [0.2, 0.25) is 10.0 Å². The first-order valence-electron chi connectivity index (χ1n) is 9.17. The molecule has 1 unspecified atom stereocenters. The maximum absolute atomic E-state index is 12.9. The van der Waals surface area contributed by atoms with Gasteiger partial charge in [0.05, 0.1) is 11.6 Å². The molecule has 0 radical (unpaired) electrons. The van der Waals surface area contributed by atoms with Crippen molar-refractivity contribution in [2.24, 2.45) is 0 Å². The van der Waals surface area contributed by atoms with E-state index >= 15 is 0 Å². The highest BCUT2D eigenvalue weighted by atomic mass is 35.5. The van der Waals surface area contributed by atoms with Gasteiger partial charge in [0.2, 0.25) is 0 Å². The Labute approximate surface area is 177 Å². The average molecular weight is 433 g/mol. The molecular weight excluding hydrogens is 415 g/mol. The second-order valence-electron chi connectivity index (χ2n) is 7.38. The minimum Gasteiger partial charge on any atom is -0.459 e. The van der Waals surface area contributed by atoms with Crippen LogP contribution in [0.1, 0.15) is 39.0 Å². The third kappa shape index (κ3) is 3.16. The number of furan rings is 1. The zero-order valence-electron chi connectivity index (χ0n) is 15.2. The zero-order valence-corrected chi connectivity index (χ0v) is 17.5. The van der Waals surface area contributed by atoms with Gasteiger partial charge in [0.25, 0.3) is 0 Å². The van der Waals surface area contributed by atoms with Crippen LogP contribution in [-0.2, 0) is 13.0 Å². The molecule has 0 saturated carbocycles. The molecule has 1 atom stereocenters. The third-order valence-electron chi connectivity index (χ3n) is 5.34. The van der Waals surface area contributed by atoms with Gasteiger partial charge in [0.15, 0.2) is 5.78 Å². The molecule has 2 aromatic heterocycles. The summed E-state index contributed by atoms with van der Waals surface area (Å²) in [6.07, 6.45) is 1.34. The number of carbonyl (C=O) groups is 1. The molecule has 144 valence electrons. The van der Waals surface area contributed by atoms with Crippen LogP contribution in [0.15, 0.2) is 34.7 Å². The van der Waals surface area contributed by atoms with Crippen molar-refractivity contribution in [1.82, 2.24) is 4.90 Å². The van der Waals surface area contributed by atoms with Crippen LogP contribution < -0.4 is 5.32 Å². The smallest absolute Gasteiger partial charge is 0.168 e. The van der Waals surface area contributed by atoms with Crippen LogP contribution in [0, 0.1) is 0 Å². The van der Waals surface area contributed by atoms with E-state index in [1.807, 2.05) is 24.3 Å². The topological polar surface area (TPSA) is 45.5 Å². The molecule has 0 aliphatic carbocycles. The van der Waals surface area contributed by atoms with E-state index in [1.54, 1.807) is 17.4 Å². The maximum Gasteiger partial charge on any atom is 0.168 e. The van der Waals surface area contributed by atoms with E-state index in [0.717, 1.165) is 41.4 Å². The molecule has 4 heterocycles. The van der Waals surface area contributed by atoms with E-state index in [4.69, 9.17) is 27.6 Å². The van der Waals surface area contributed by atoms with Crippen LogP contribution in [0.25, 0.3) is 11.3 Å². The number of fused-ring (bicyclic) bond motifs is 3. The largest absolute Gasteiger partial charge is 0.459 e. The van der Waals surface area contributed by atoms with Crippen LogP contribution in [0.3, 0.4) is 0 Å². The molecule has 2 aliphatic heterocycles. The SMILES string of the molecule is CN1CCc2c(sc3c2C(=O)CC(c2ccc(-c4cc(Cl)cc(Cl)c4)o2)N3)C1. The molecule has 0 amide bonds. The second kappa shape index (κ2) is 6.92. The lowest BCUT2D eigenvalue weighted by atomic mass is 9.93. The van der Waals surface area contributed by atoms with Crippen LogP contribution in [-0.4, -0.2) is 24.3 Å². The molecule has 2 aliphatic rings. The highest BCUT2D eigenvalue weighted by molar-refractivity contribution is 7.16. The Morgan fingerprint density at radius 3 is 2.79 bits per heavy atom. The zero-order chi connectivity index (χ0) is 19.4. The summed E-state index contributed by atoms with van der Waals surface area (Å²) >= 11 is 13.9. The first kappa shape index (κ1) is 18.3. The quantitative estimate of drug-likeness (QED) is 0.535. The molecule has 0 fully saturated rings. The van der Waals surface area contributed by atoms with Gasteiger partial charge in [-0.15, -0.1) is 11.3 Å². The minimum atomic E-state index is -0.166. The molecule has 0 saturated heterocycles. The van der Waals surface area contributed by atoms with Crippen LogP contribution in [0.5, 0.6) is 0 Å². The van der Waals surface area contributed by atoms with E-state index in [0.29, 0.717) is 22.2 Å². The Balaban J connectivity index is 1.45. The van der Waals surface area contributed by atoms with Gasteiger partial charge in [0.1, 0.15) is 16.5 Å². The fourth-order valence-electron chi connectivity index (χ4n) is 3.99. The summed E-state index contributed by atoms with van der Waals surface area (Å²) in [4.78, 5) is 16.5. The number of carbonyl (C=O) groups excluding carboxylic acids is 1. The summed E-state index contributed by atoms with van der Waals surface area (Å²) in [5.41, 5.74) is 2.96. The highest BCUT2D eigenvalue weighted by Crippen LogP contribution is 2.44. The Bertz CT molecular complexity index is 1070. The van der Waals surface area contributed by atoms with E-state index in [9.17, 15) is 4.79 Å². The number of thiophene rings is 1. The molecule has 5 rings (SSSR count). The van der Waals surface area contributed by atoms with E-state index in [1.165, 1.54) is 10.4 Å². The standard InChI is InChI=1S/C21H18Cl2N2O2S/c1-25-5-4-14-19(10-25)28-21-20(14)16(26)9-15(24-21)18-3-2-17(27-18)11-6-12(22)8-13(23)7-11/h2-3,6-8,15,24H,4-5,9-10H2,1H3. The van der Waals surface area contributed by atoms with Crippen molar-refractivity contribution in [2.45, 2.75) is 25.4 Å². The molecule has 0 spiro atoms. The maximum atomic E-state index is 12.9. The Morgan fingerprint density at radius 1 is 1.21 bits per heavy atom. The minimum absolute atomic E-state index is 0.166. The first-order valence-corrected chi connectivity index (χ1v) is 10.7. The molecule has 28 heavy (non-hydrogen) atoms. The number of anilines is 1. The Morgan fingerprint density at radius 2 is 2.00 bits per heavy atom. The number of hydrogen-bond acceptors (Lipinski definition) is 5. The number of nitrogens with one attached hydrogen (secondary N) is 1. The number of ketones is 1. The lowest BCUT2D eigenvalue weighted by Gasteiger charge is -2.24. The number of hydrogen-bond donors (Lipinski definition) is 1. The number of rotatable bonds is 2. The number of halogens is 2. The number of Topliss-reactive ketones (excluding diaryl/α,β-unsaturated/α-hetero) is 1. The Hall–Kier alpha value is -1.79. The molecule has 3 aromatic rings. The normalized spacial score (nSPS) is 19.2. The monoisotopic (exact) mass is 432 g/mol. The Kier molecular flexibility index (Phi) is 4.51. The van der Waals surface area contributed by atoms with Gasteiger partial charge < -0.3 is 14.6 Å². The van der Waals surface area contributed by atoms with Gasteiger partial charge in [-0.1, -0.05) is 23.2 Å². The van der Waals surface area contributed by atoms with Crippen molar-refractivity contribution in [3.8, 4) is 11.3 Å². The fraction of sp³-hybridized carbons (Fsp3) is 0.286. The van der Waals surface area contributed by atoms with Crippen molar-refractivity contribution in [1.29, 1.82) is 0 Å². The van der Waals surface area contributed by atoms with Gasteiger partial charge in [-0.25, -0.2) is 0 Å². The average Bonchev–Trinajstić information content (AvgIpc) is 3.25. The van der Waals surface area contributed by atoms with E-state index < -0.39 is 0 Å². The van der Waals surface area contributed by atoms with Crippen molar-refractivity contribution in [3.63, 3.8) is 0 Å². The van der Waals surface area contributed by atoms with Crippen molar-refractivity contribution in [2.75, 3.05) is 18.9 Å². The molecular formula is C21H18Cl2N2O2S. The fourth-order valence-corrected chi connectivity index (χ4v) is 5.91. The van der Waals surface area contributed by atoms with Gasteiger partial charge in [0, 0.05) is 40.0 Å². The van der Waals surface area contributed by atoms with Gasteiger partial charge in [-0.3, -0.25) is 4.79 Å². The number of likely N-dealkylation sites (N-methyl/N-ethyl adjacent to an activating group) is 1. The number of nitrogens with zero attached hydrogens (tertiary/aromatic N) is 1. The van der Waals surface area contributed by atoms with Gasteiger partial charge in [-0.05, 0) is 49.4 Å². The predicted octanol–water partition coefficient (Wildman–Crippen LogP) is 6.04. The predicted molar refractivity (Wildman–Crippen MR) is 114 cm³/mol. The first-order chi connectivity index (χ1) is 13.5. The molecule has 1 aromatic carbocycles. The molecule has 7 heteroatoms. The third-order valence-corrected chi connectivity index (χ3v) is 6.92. The van der Waals surface area contributed by atoms with E-state index in [-0.39, 0.29) is 11.8 Å². The summed E-state index contributed by atoms with van der Waals surface area (Å²) in [5.74, 6) is 1.63. The number of benzene rings is 1. The lowest BCUT2D eigenvalue weighted by Crippen LogP contribution is -2.27. The van der Waals surface area contributed by atoms with Gasteiger partial charge in [-0.2, -0.15) is 0 Å². The lowest BCUT2D eigenvalue weighted by molar-refractivity contribution is 0.0968. The van der Waals surface area contributed by atoms with Crippen molar-refractivity contribution < 1.29 is 9.21 Å². The van der Waals surface area contributed by atoms with E-state index in [2.05, 4.69) is 17.3 Å². The summed E-state index contributed by atoms with van der Waals surface area (Å²) in [7, 11) is 2.12. The van der Waals surface area contributed by atoms with Gasteiger partial charge >= 0.3 is 0 Å². The molecule has 4 nitrogen and oxygen atoms in total. The molecule has 0 bridgehead atoms. The second-order valence-corrected chi connectivity index (χ2v) is 9.36. The molecule has 1 N–H and O–H groups in total. The summed E-state index contributed by atoms with van der Waals surface area (Å²) in [6, 6.07) is 8.97. The summed E-state index contributed by atoms with van der Waals surface area (Å²) < 4.78 is 6.07. The van der Waals surface area contributed by atoms with Crippen LogP contribution >= 0.6 is 34.5 Å². The highest BCUT2D eigenvalue weighted by Gasteiger charge is 2.34.